The number of hydrogen-bond acceptors (Lipinski definition) is 10. The maximum absolute atomic E-state index is 15.0. The molecule has 4 aliphatic carbocycles. The number of ketones is 1. The summed E-state index contributed by atoms with van der Waals surface area (Å²) >= 11 is 0. The van der Waals surface area contributed by atoms with E-state index in [1.165, 1.54) is 26.0 Å². The molecule has 11 heteroatoms. The minimum Gasteiger partial charge on any atom is -0.461 e. The van der Waals surface area contributed by atoms with Gasteiger partial charge < -0.3 is 30.4 Å². The zero-order valence-electron chi connectivity index (χ0n) is 28.4. The highest BCUT2D eigenvalue weighted by Gasteiger charge is 2.77. The number of carbonyl (C=O) groups excluding carboxylic acids is 5. The average Bonchev–Trinajstić information content (AvgIpc) is 3.53. The topological polar surface area (TPSA) is 171 Å². The van der Waals surface area contributed by atoms with Crippen LogP contribution in [0, 0.1) is 34.5 Å². The van der Waals surface area contributed by atoms with Crippen molar-refractivity contribution in [2.75, 3.05) is 17.7 Å². The Balaban J connectivity index is 1.44. The van der Waals surface area contributed by atoms with Crippen molar-refractivity contribution >= 4 is 41.0 Å². The predicted molar refractivity (Wildman–Crippen MR) is 179 cm³/mol. The average molecular weight is 671 g/mol. The molecule has 6 rings (SSSR count). The number of fused-ring (bicyclic) bond motifs is 3. The number of para-hydroxylation sites is 2. The third-order valence-electron chi connectivity index (χ3n) is 11.2. The third-order valence-corrected chi connectivity index (χ3v) is 11.2. The van der Waals surface area contributed by atoms with Crippen molar-refractivity contribution < 1.29 is 43.3 Å². The van der Waals surface area contributed by atoms with E-state index >= 15 is 0 Å². The van der Waals surface area contributed by atoms with Crippen LogP contribution >= 0.6 is 0 Å². The first-order valence-corrected chi connectivity index (χ1v) is 16.5. The lowest BCUT2D eigenvalue weighted by Gasteiger charge is -2.49. The van der Waals surface area contributed by atoms with E-state index in [1.54, 1.807) is 55.5 Å². The first-order valence-electron chi connectivity index (χ1n) is 16.5. The fraction of sp³-hybridized carbons (Fsp3) is 0.447. The zero-order valence-corrected chi connectivity index (χ0v) is 28.4. The van der Waals surface area contributed by atoms with E-state index in [9.17, 15) is 29.1 Å². The molecule has 1 spiro atoms. The number of esters is 3. The number of nitrogens with two attached hydrogens (primary N) is 1. The molecule has 258 valence electrons. The van der Waals surface area contributed by atoms with Crippen molar-refractivity contribution in [3.05, 3.63) is 83.0 Å². The number of ether oxygens (including phenoxy) is 3. The van der Waals surface area contributed by atoms with Gasteiger partial charge in [0.05, 0.1) is 22.2 Å². The predicted octanol–water partition coefficient (Wildman–Crippen LogP) is 4.66. The van der Waals surface area contributed by atoms with E-state index in [0.29, 0.717) is 12.0 Å². The summed E-state index contributed by atoms with van der Waals surface area (Å²) < 4.78 is 17.4. The van der Waals surface area contributed by atoms with Crippen LogP contribution in [0.4, 0.5) is 11.4 Å². The molecule has 0 unspecified atom stereocenters. The van der Waals surface area contributed by atoms with Crippen LogP contribution in [0.2, 0.25) is 0 Å². The first-order chi connectivity index (χ1) is 23.0. The number of nitrogen functional groups attached to an aromatic ring is 1. The molecule has 1 amide bonds. The molecular formula is C38H42N2O9. The first kappa shape index (κ1) is 34.1. The number of Topliss-reactive ketones (excluding diaryl/α,β-unsaturated/α-hetero) is 1. The van der Waals surface area contributed by atoms with Crippen LogP contribution in [0.15, 0.2) is 71.8 Å². The van der Waals surface area contributed by atoms with Crippen LogP contribution in [-0.4, -0.2) is 59.1 Å². The normalized spacial score (nSPS) is 32.2. The highest BCUT2D eigenvalue weighted by molar-refractivity contribution is 6.10. The highest BCUT2D eigenvalue weighted by atomic mass is 16.6. The smallest absolute Gasteiger partial charge is 0.340 e. The van der Waals surface area contributed by atoms with Crippen molar-refractivity contribution in [1.82, 2.24) is 0 Å². The van der Waals surface area contributed by atoms with Crippen molar-refractivity contribution in [2.45, 2.75) is 65.8 Å². The number of amides is 1. The second-order valence-electron chi connectivity index (χ2n) is 14.4. The maximum Gasteiger partial charge on any atom is 0.340 e. The van der Waals surface area contributed by atoms with Crippen LogP contribution in [0.3, 0.4) is 0 Å². The Morgan fingerprint density at radius 3 is 2.27 bits per heavy atom. The number of hydrogen-bond donors (Lipinski definition) is 3. The van der Waals surface area contributed by atoms with E-state index in [4.69, 9.17) is 19.9 Å². The van der Waals surface area contributed by atoms with Crippen molar-refractivity contribution in [1.29, 1.82) is 0 Å². The molecule has 2 bridgehead atoms. The summed E-state index contributed by atoms with van der Waals surface area (Å²) in [6, 6.07) is 12.7. The molecule has 4 aliphatic rings. The van der Waals surface area contributed by atoms with Gasteiger partial charge in [-0.1, -0.05) is 57.2 Å². The van der Waals surface area contributed by atoms with Gasteiger partial charge in [0.2, 0.25) is 0 Å². The van der Waals surface area contributed by atoms with Crippen LogP contribution in [0.5, 0.6) is 0 Å². The molecule has 0 heterocycles. The van der Waals surface area contributed by atoms with Crippen LogP contribution in [0.1, 0.15) is 68.7 Å². The van der Waals surface area contributed by atoms with Crippen LogP contribution in [0.25, 0.3) is 0 Å². The highest BCUT2D eigenvalue weighted by Crippen LogP contribution is 2.72. The monoisotopic (exact) mass is 670 g/mol. The van der Waals surface area contributed by atoms with Gasteiger partial charge in [-0.15, -0.1) is 0 Å². The molecule has 2 aromatic rings. The number of anilines is 2. The summed E-state index contributed by atoms with van der Waals surface area (Å²) in [6.45, 7) is 9.86. The molecule has 2 fully saturated rings. The van der Waals surface area contributed by atoms with Gasteiger partial charge in [0.15, 0.2) is 23.6 Å². The lowest BCUT2D eigenvalue weighted by Crippen LogP contribution is -2.66. The summed E-state index contributed by atoms with van der Waals surface area (Å²) in [5, 5.41) is 16.0. The van der Waals surface area contributed by atoms with Crippen LogP contribution in [-0.2, 0) is 28.6 Å². The fourth-order valence-corrected chi connectivity index (χ4v) is 8.91. The molecule has 0 radical (unpaired) electrons. The van der Waals surface area contributed by atoms with E-state index in [2.05, 4.69) is 19.2 Å². The Bertz CT molecular complexity index is 1830. The van der Waals surface area contributed by atoms with Crippen LogP contribution < -0.4 is 11.1 Å². The number of allylic oxidation sites excluding steroid dienone is 1. The SMILES string of the molecule is CC(=O)OCC1=C[C@H]2C(=O)[C@]3(C=C(C)[C@H](OC(=O)c4ccccc4NC(=O)c4ccccc4N)[C@@]3(O)[C@@H]1OC(C)=O)[C@H](C)C[C@@H]1[C@H]2C1(C)C. The minimum atomic E-state index is -2.31. The molecule has 2 saturated carbocycles. The Labute approximate surface area is 284 Å². The minimum absolute atomic E-state index is 0.0165. The van der Waals surface area contributed by atoms with Crippen molar-refractivity contribution in [3.8, 4) is 0 Å². The molecule has 8 atom stereocenters. The second-order valence-corrected chi connectivity index (χ2v) is 14.4. The van der Waals surface area contributed by atoms with Gasteiger partial charge in [-0.05, 0) is 66.4 Å². The van der Waals surface area contributed by atoms with Crippen molar-refractivity contribution in [3.63, 3.8) is 0 Å². The Morgan fingerprint density at radius 1 is 0.959 bits per heavy atom. The molecular weight excluding hydrogens is 628 g/mol. The summed E-state index contributed by atoms with van der Waals surface area (Å²) in [7, 11) is 0. The number of carbonyl (C=O) groups is 5. The lowest BCUT2D eigenvalue weighted by molar-refractivity contribution is -0.203. The van der Waals surface area contributed by atoms with Gasteiger partial charge in [0, 0.05) is 31.0 Å². The summed E-state index contributed by atoms with van der Waals surface area (Å²) in [5.41, 5.74) is 3.12. The second kappa shape index (κ2) is 12.0. The Hall–Kier alpha value is -4.77. The van der Waals surface area contributed by atoms with Gasteiger partial charge in [0.25, 0.3) is 5.91 Å². The summed E-state index contributed by atoms with van der Waals surface area (Å²) in [6.07, 6.45) is 1.01. The summed E-state index contributed by atoms with van der Waals surface area (Å²) in [5.74, 6) is -4.07. The maximum atomic E-state index is 15.0. The van der Waals surface area contributed by atoms with Gasteiger partial charge in [-0.3, -0.25) is 19.2 Å². The summed E-state index contributed by atoms with van der Waals surface area (Å²) in [4.78, 5) is 67.0. The van der Waals surface area contributed by atoms with Gasteiger partial charge in [-0.25, -0.2) is 4.79 Å². The Kier molecular flexibility index (Phi) is 8.34. The lowest BCUT2D eigenvalue weighted by atomic mass is 9.59. The quantitative estimate of drug-likeness (QED) is 0.163. The van der Waals surface area contributed by atoms with Gasteiger partial charge >= 0.3 is 17.9 Å². The standard InChI is InChI=1S/C38H42N2O9/c1-19-17-37-20(2)15-27-30(36(27,5)6)26(31(37)43)16-23(18-47-21(3)41)33(48-22(4)42)38(37,46)32(19)49-35(45)25-12-8-10-14-29(25)40-34(44)24-11-7-9-13-28(24)39/h7-14,16-17,20,26-27,30,32-33,46H,15,18,39H2,1-6H3,(H,40,44)/t20-,26-,27-,30+,32+,33-,37+,38-/m1/s1. The molecule has 49 heavy (non-hydrogen) atoms. The van der Waals surface area contributed by atoms with E-state index in [1.807, 2.05) is 6.92 Å². The molecule has 0 aromatic heterocycles. The molecule has 11 nitrogen and oxygen atoms in total. The number of aliphatic hydroxyl groups is 1. The van der Waals surface area contributed by atoms with E-state index in [0.717, 1.165) is 0 Å². The molecule has 2 aromatic carbocycles. The van der Waals surface area contributed by atoms with E-state index in [-0.39, 0.29) is 57.7 Å². The molecule has 0 aliphatic heterocycles. The number of rotatable bonds is 7. The fourth-order valence-electron chi connectivity index (χ4n) is 8.91. The van der Waals surface area contributed by atoms with Gasteiger partial charge in [-0.2, -0.15) is 0 Å². The zero-order chi connectivity index (χ0) is 35.6. The van der Waals surface area contributed by atoms with Gasteiger partial charge in [0.1, 0.15) is 6.61 Å². The molecule has 0 saturated heterocycles. The largest absolute Gasteiger partial charge is 0.461 e. The number of benzene rings is 2. The van der Waals surface area contributed by atoms with E-state index < -0.39 is 58.9 Å². The Morgan fingerprint density at radius 2 is 1.61 bits per heavy atom. The van der Waals surface area contributed by atoms with Crippen molar-refractivity contribution in [2.24, 2.45) is 34.5 Å². The third kappa shape index (κ3) is 5.26. The number of nitrogens with one attached hydrogen (secondary N) is 1. The molecule has 4 N–H and O–H groups in total.